The van der Waals surface area contributed by atoms with Gasteiger partial charge in [0.05, 0.1) is 67.9 Å². The molecular weight excluding hydrogens is 637 g/mol. The fraction of sp³-hybridized carbons (Fsp3) is 0. The zero-order chi connectivity index (χ0) is 34.2. The summed E-state index contributed by atoms with van der Waals surface area (Å²) in [5.41, 5.74) is 14.1. The van der Waals surface area contributed by atoms with Gasteiger partial charge in [0.25, 0.3) is 0 Å². The number of hydrogen-bond donors (Lipinski definition) is 0. The first-order valence-corrected chi connectivity index (χ1v) is 17.4. The predicted octanol–water partition coefficient (Wildman–Crippen LogP) is 11.1. The standard InChI is InChI=1S/C46H28N6/c1-7-18-41-33(12-1)45-43(51(41)31-22-20-29(21-23-31)39-27-47-35-14-3-5-16-37(35)49-39)24-25-44-46(45)34-13-2-8-19-42(34)52(44)32-11-9-10-30(26-32)40-28-48-36-15-4-6-17-38(36)50-40/h1-28H. The SMILES string of the molecule is c1cc(-c2cnc3ccccc3n2)cc(-n2c3ccccc3c3c4c5ccccc5n(-c5ccc(-c6cnc7ccccc7n6)cc5)c4ccc32)c1. The van der Waals surface area contributed by atoms with Crippen LogP contribution >= 0.6 is 0 Å². The van der Waals surface area contributed by atoms with E-state index in [9.17, 15) is 0 Å². The van der Waals surface area contributed by atoms with Crippen LogP contribution in [0.1, 0.15) is 0 Å². The van der Waals surface area contributed by atoms with E-state index in [1.54, 1.807) is 0 Å². The van der Waals surface area contributed by atoms with Crippen LogP contribution < -0.4 is 0 Å². The van der Waals surface area contributed by atoms with Crippen LogP contribution in [0.4, 0.5) is 0 Å². The van der Waals surface area contributed by atoms with Crippen molar-refractivity contribution in [2.45, 2.75) is 0 Å². The molecule has 6 heteroatoms. The molecule has 0 amide bonds. The summed E-state index contributed by atoms with van der Waals surface area (Å²) in [6, 6.07) is 55.3. The van der Waals surface area contributed by atoms with Gasteiger partial charge in [0, 0.05) is 44.0 Å². The van der Waals surface area contributed by atoms with Crippen LogP contribution in [-0.2, 0) is 0 Å². The second-order valence-electron chi connectivity index (χ2n) is 13.1. The largest absolute Gasteiger partial charge is 0.309 e. The second-order valence-corrected chi connectivity index (χ2v) is 13.1. The lowest BCUT2D eigenvalue weighted by atomic mass is 10.1. The lowest BCUT2D eigenvalue weighted by molar-refractivity contribution is 1.17. The highest BCUT2D eigenvalue weighted by Crippen LogP contribution is 2.42. The highest BCUT2D eigenvalue weighted by Gasteiger charge is 2.20. The maximum Gasteiger partial charge on any atom is 0.0894 e. The van der Waals surface area contributed by atoms with Gasteiger partial charge in [-0.2, -0.15) is 0 Å². The van der Waals surface area contributed by atoms with Crippen molar-refractivity contribution >= 4 is 65.7 Å². The van der Waals surface area contributed by atoms with Crippen LogP contribution in [0.25, 0.3) is 99.6 Å². The number of benzene rings is 7. The Bertz CT molecular complexity index is 3190. The highest BCUT2D eigenvalue weighted by molar-refractivity contribution is 6.28. The van der Waals surface area contributed by atoms with E-state index in [-0.39, 0.29) is 0 Å². The quantitative estimate of drug-likeness (QED) is 0.188. The minimum absolute atomic E-state index is 0.852. The van der Waals surface area contributed by atoms with Crippen molar-refractivity contribution in [1.29, 1.82) is 0 Å². The monoisotopic (exact) mass is 664 g/mol. The molecule has 0 radical (unpaired) electrons. The number of nitrogens with zero attached hydrogens (tertiary/aromatic N) is 6. The molecule has 6 nitrogen and oxygen atoms in total. The molecule has 0 aliphatic carbocycles. The normalized spacial score (nSPS) is 11.8. The zero-order valence-electron chi connectivity index (χ0n) is 27.8. The number of para-hydroxylation sites is 6. The van der Waals surface area contributed by atoms with Crippen molar-refractivity contribution in [2.24, 2.45) is 0 Å². The third-order valence-corrected chi connectivity index (χ3v) is 10.2. The minimum atomic E-state index is 0.852. The van der Waals surface area contributed by atoms with E-state index in [0.29, 0.717) is 0 Å². The lowest BCUT2D eigenvalue weighted by Crippen LogP contribution is -1.96. The summed E-state index contributed by atoms with van der Waals surface area (Å²) in [5, 5.41) is 4.91. The number of fused-ring (bicyclic) bond motifs is 9. The Morgan fingerprint density at radius 1 is 0.346 bits per heavy atom. The zero-order valence-corrected chi connectivity index (χ0v) is 27.8. The van der Waals surface area contributed by atoms with Crippen LogP contribution in [0.2, 0.25) is 0 Å². The highest BCUT2D eigenvalue weighted by atomic mass is 15.0. The molecule has 4 heterocycles. The predicted molar refractivity (Wildman–Crippen MR) is 212 cm³/mol. The Labute approximate surface area is 297 Å². The molecule has 0 unspecified atom stereocenters. The first kappa shape index (κ1) is 28.6. The molecule has 0 saturated heterocycles. The van der Waals surface area contributed by atoms with Gasteiger partial charge in [0.2, 0.25) is 0 Å². The van der Waals surface area contributed by atoms with Gasteiger partial charge < -0.3 is 9.13 Å². The van der Waals surface area contributed by atoms with Crippen molar-refractivity contribution in [1.82, 2.24) is 29.1 Å². The molecule has 242 valence electrons. The van der Waals surface area contributed by atoms with E-state index < -0.39 is 0 Å². The van der Waals surface area contributed by atoms with Gasteiger partial charge in [-0.3, -0.25) is 9.97 Å². The first-order valence-electron chi connectivity index (χ1n) is 17.4. The topological polar surface area (TPSA) is 61.4 Å². The second kappa shape index (κ2) is 11.2. The van der Waals surface area contributed by atoms with E-state index >= 15 is 0 Å². The van der Waals surface area contributed by atoms with E-state index in [1.165, 1.54) is 21.5 Å². The van der Waals surface area contributed by atoms with Gasteiger partial charge in [-0.15, -0.1) is 0 Å². The van der Waals surface area contributed by atoms with E-state index in [0.717, 1.165) is 78.0 Å². The van der Waals surface area contributed by atoms with Gasteiger partial charge in [0.15, 0.2) is 0 Å². The molecule has 52 heavy (non-hydrogen) atoms. The van der Waals surface area contributed by atoms with Crippen molar-refractivity contribution in [3.8, 4) is 33.9 Å². The van der Waals surface area contributed by atoms with E-state index in [4.69, 9.17) is 15.0 Å². The minimum Gasteiger partial charge on any atom is -0.309 e. The Kier molecular flexibility index (Phi) is 6.15. The van der Waals surface area contributed by atoms with Gasteiger partial charge >= 0.3 is 0 Å². The fourth-order valence-corrected chi connectivity index (χ4v) is 7.85. The average Bonchev–Trinajstić information content (AvgIpc) is 3.73. The van der Waals surface area contributed by atoms with Crippen molar-refractivity contribution in [3.05, 3.63) is 170 Å². The molecule has 7 aromatic carbocycles. The number of aromatic nitrogens is 6. The Morgan fingerprint density at radius 3 is 1.44 bits per heavy atom. The van der Waals surface area contributed by atoms with Crippen LogP contribution in [-0.4, -0.2) is 29.1 Å². The van der Waals surface area contributed by atoms with Crippen molar-refractivity contribution < 1.29 is 0 Å². The molecule has 0 aliphatic rings. The molecule has 0 N–H and O–H groups in total. The molecule has 0 spiro atoms. The summed E-state index contributed by atoms with van der Waals surface area (Å²) in [7, 11) is 0. The number of rotatable bonds is 4. The third kappa shape index (κ3) is 4.31. The molecule has 0 aliphatic heterocycles. The molecule has 0 atom stereocenters. The fourth-order valence-electron chi connectivity index (χ4n) is 7.85. The van der Waals surface area contributed by atoms with E-state index in [1.807, 2.05) is 60.9 Å². The Hall–Kier alpha value is -7.18. The van der Waals surface area contributed by atoms with Gasteiger partial charge in [-0.25, -0.2) is 9.97 Å². The summed E-state index contributed by atoms with van der Waals surface area (Å²) in [6.45, 7) is 0. The van der Waals surface area contributed by atoms with Crippen LogP contribution in [0.5, 0.6) is 0 Å². The molecule has 11 rings (SSSR count). The Morgan fingerprint density at radius 2 is 0.846 bits per heavy atom. The summed E-state index contributed by atoms with van der Waals surface area (Å²) >= 11 is 0. The smallest absolute Gasteiger partial charge is 0.0894 e. The van der Waals surface area contributed by atoms with Gasteiger partial charge in [0.1, 0.15) is 0 Å². The first-order chi connectivity index (χ1) is 25.8. The molecular formula is C46H28N6. The molecule has 11 aromatic rings. The lowest BCUT2D eigenvalue weighted by Gasteiger charge is -2.11. The van der Waals surface area contributed by atoms with Crippen molar-refractivity contribution in [2.75, 3.05) is 0 Å². The van der Waals surface area contributed by atoms with Crippen LogP contribution in [0, 0.1) is 0 Å². The third-order valence-electron chi connectivity index (χ3n) is 10.2. The molecule has 0 saturated carbocycles. The van der Waals surface area contributed by atoms with Gasteiger partial charge in [-0.05, 0) is 72.8 Å². The molecule has 4 aromatic heterocycles. The van der Waals surface area contributed by atoms with Gasteiger partial charge in [-0.1, -0.05) is 84.9 Å². The van der Waals surface area contributed by atoms with Crippen LogP contribution in [0.15, 0.2) is 170 Å². The Balaban J connectivity index is 1.10. The maximum atomic E-state index is 4.95. The van der Waals surface area contributed by atoms with E-state index in [2.05, 4.69) is 123 Å². The van der Waals surface area contributed by atoms with Crippen LogP contribution in [0.3, 0.4) is 0 Å². The summed E-state index contributed by atoms with van der Waals surface area (Å²) < 4.78 is 4.76. The van der Waals surface area contributed by atoms with Crippen molar-refractivity contribution in [3.63, 3.8) is 0 Å². The number of hydrogen-bond acceptors (Lipinski definition) is 4. The average molecular weight is 665 g/mol. The summed E-state index contributed by atoms with van der Waals surface area (Å²) in [4.78, 5) is 19.2. The maximum absolute atomic E-state index is 4.95. The molecule has 0 fully saturated rings. The molecule has 0 bridgehead atoms. The summed E-state index contributed by atoms with van der Waals surface area (Å²) in [6.07, 6.45) is 3.72. The summed E-state index contributed by atoms with van der Waals surface area (Å²) in [5.74, 6) is 0.